The summed E-state index contributed by atoms with van der Waals surface area (Å²) in [4.78, 5) is 4.11. The first-order valence-electron chi connectivity index (χ1n) is 9.55. The monoisotopic (exact) mass is 429 g/mol. The zero-order chi connectivity index (χ0) is 21.1. The molecule has 9 nitrogen and oxygen atoms in total. The first kappa shape index (κ1) is 20.3. The summed E-state index contributed by atoms with van der Waals surface area (Å²) in [6.45, 7) is 0.938. The van der Waals surface area contributed by atoms with Crippen LogP contribution >= 0.6 is 0 Å². The second-order valence-electron chi connectivity index (χ2n) is 6.96. The van der Waals surface area contributed by atoms with E-state index in [0.29, 0.717) is 31.1 Å². The van der Waals surface area contributed by atoms with Crippen LogP contribution in [0.5, 0.6) is 11.5 Å². The Hall–Kier alpha value is -2.98. The first-order valence-corrected chi connectivity index (χ1v) is 11.0. The SMILES string of the molecule is COc1ccc(OC)c(S(=O)(=O)N2CCCC2c2nncn2Cc2ccncc2)c1. The van der Waals surface area contributed by atoms with Crippen molar-refractivity contribution in [3.8, 4) is 11.5 Å². The molecule has 30 heavy (non-hydrogen) atoms. The predicted octanol–water partition coefficient (Wildman–Crippen LogP) is 2.26. The third-order valence-corrected chi connectivity index (χ3v) is 7.14. The molecule has 1 fully saturated rings. The van der Waals surface area contributed by atoms with Crippen LogP contribution in [0.1, 0.15) is 30.3 Å². The summed E-state index contributed by atoms with van der Waals surface area (Å²) in [5.41, 5.74) is 1.04. The Morgan fingerprint density at radius 2 is 1.93 bits per heavy atom. The molecule has 3 heterocycles. The van der Waals surface area contributed by atoms with E-state index in [1.54, 1.807) is 30.9 Å². The number of hydrogen-bond donors (Lipinski definition) is 0. The molecule has 1 saturated heterocycles. The lowest BCUT2D eigenvalue weighted by Crippen LogP contribution is -2.32. The molecule has 1 aliphatic heterocycles. The molecule has 0 aliphatic carbocycles. The Kier molecular flexibility index (Phi) is 5.69. The highest BCUT2D eigenvalue weighted by molar-refractivity contribution is 7.89. The third kappa shape index (κ3) is 3.75. The van der Waals surface area contributed by atoms with Gasteiger partial charge in [-0.2, -0.15) is 4.31 Å². The van der Waals surface area contributed by atoms with Crippen molar-refractivity contribution in [2.45, 2.75) is 30.3 Å². The summed E-state index contributed by atoms with van der Waals surface area (Å²) in [6.07, 6.45) is 6.48. The number of benzene rings is 1. The summed E-state index contributed by atoms with van der Waals surface area (Å²) in [7, 11) is -0.891. The second kappa shape index (κ2) is 8.41. The molecule has 2 aromatic heterocycles. The molecule has 3 aromatic rings. The number of sulfonamides is 1. The van der Waals surface area contributed by atoms with Crippen LogP contribution in [0.3, 0.4) is 0 Å². The van der Waals surface area contributed by atoms with E-state index in [-0.39, 0.29) is 10.6 Å². The molecule has 0 bridgehead atoms. The van der Waals surface area contributed by atoms with E-state index < -0.39 is 16.1 Å². The predicted molar refractivity (Wildman–Crippen MR) is 109 cm³/mol. The maximum Gasteiger partial charge on any atom is 0.247 e. The van der Waals surface area contributed by atoms with E-state index in [4.69, 9.17) is 9.47 Å². The smallest absolute Gasteiger partial charge is 0.247 e. The van der Waals surface area contributed by atoms with Crippen molar-refractivity contribution in [1.82, 2.24) is 24.1 Å². The minimum atomic E-state index is -3.84. The highest BCUT2D eigenvalue weighted by Crippen LogP contribution is 2.39. The molecular formula is C20H23N5O4S. The van der Waals surface area contributed by atoms with Crippen molar-refractivity contribution in [3.05, 3.63) is 60.4 Å². The van der Waals surface area contributed by atoms with Crippen LogP contribution in [0.15, 0.2) is 53.9 Å². The molecule has 0 spiro atoms. The van der Waals surface area contributed by atoms with Crippen LogP contribution in [-0.4, -0.2) is 53.2 Å². The Balaban J connectivity index is 1.69. The lowest BCUT2D eigenvalue weighted by molar-refractivity contribution is 0.363. The number of aromatic nitrogens is 4. The number of ether oxygens (including phenoxy) is 2. The van der Waals surface area contributed by atoms with Crippen LogP contribution in [-0.2, 0) is 16.6 Å². The molecule has 158 valence electrons. The van der Waals surface area contributed by atoms with Gasteiger partial charge in [0, 0.05) is 25.0 Å². The van der Waals surface area contributed by atoms with Gasteiger partial charge in [-0.25, -0.2) is 8.42 Å². The molecule has 1 unspecified atom stereocenters. The minimum Gasteiger partial charge on any atom is -0.497 e. The van der Waals surface area contributed by atoms with Crippen molar-refractivity contribution in [3.63, 3.8) is 0 Å². The molecule has 0 radical (unpaired) electrons. The van der Waals surface area contributed by atoms with Gasteiger partial charge in [0.15, 0.2) is 5.82 Å². The Labute approximate surface area is 175 Å². The number of nitrogens with zero attached hydrogens (tertiary/aromatic N) is 5. The topological polar surface area (TPSA) is 99.4 Å². The van der Waals surface area contributed by atoms with E-state index >= 15 is 0 Å². The fourth-order valence-electron chi connectivity index (χ4n) is 3.73. The molecule has 1 aliphatic rings. The van der Waals surface area contributed by atoms with Crippen LogP contribution in [0.4, 0.5) is 0 Å². The van der Waals surface area contributed by atoms with Crippen molar-refractivity contribution < 1.29 is 17.9 Å². The molecule has 1 atom stereocenters. The quantitative estimate of drug-likeness (QED) is 0.568. The van der Waals surface area contributed by atoms with Crippen LogP contribution in [0.25, 0.3) is 0 Å². The number of pyridine rings is 1. The van der Waals surface area contributed by atoms with E-state index in [1.807, 2.05) is 16.7 Å². The van der Waals surface area contributed by atoms with Crippen molar-refractivity contribution >= 4 is 10.0 Å². The van der Waals surface area contributed by atoms with Gasteiger partial charge in [-0.15, -0.1) is 10.2 Å². The van der Waals surface area contributed by atoms with Gasteiger partial charge >= 0.3 is 0 Å². The largest absolute Gasteiger partial charge is 0.497 e. The zero-order valence-electron chi connectivity index (χ0n) is 16.8. The molecule has 0 saturated carbocycles. The Morgan fingerprint density at radius 3 is 2.67 bits per heavy atom. The molecule has 0 amide bonds. The standard InChI is InChI=1S/C20H23N5O4S/c1-28-16-5-6-18(29-2)19(12-16)30(26,27)25-11-3-4-17(25)20-23-22-14-24(20)13-15-7-9-21-10-8-15/h5-10,12,14,17H,3-4,11,13H2,1-2H3. The fraction of sp³-hybridized carbons (Fsp3) is 0.350. The highest BCUT2D eigenvalue weighted by Gasteiger charge is 2.40. The van der Waals surface area contributed by atoms with Crippen molar-refractivity contribution in [1.29, 1.82) is 0 Å². The Bertz CT molecular complexity index is 1120. The van der Waals surface area contributed by atoms with Crippen LogP contribution < -0.4 is 9.47 Å². The van der Waals surface area contributed by atoms with Gasteiger partial charge in [-0.1, -0.05) is 0 Å². The normalized spacial score (nSPS) is 17.2. The maximum absolute atomic E-state index is 13.6. The number of methoxy groups -OCH3 is 2. The van der Waals surface area contributed by atoms with Crippen molar-refractivity contribution in [2.24, 2.45) is 0 Å². The second-order valence-corrected chi connectivity index (χ2v) is 8.82. The van der Waals surface area contributed by atoms with Crippen LogP contribution in [0, 0.1) is 0 Å². The zero-order valence-corrected chi connectivity index (χ0v) is 17.6. The molecular weight excluding hydrogens is 406 g/mol. The minimum absolute atomic E-state index is 0.0800. The van der Waals surface area contributed by atoms with Crippen LogP contribution in [0.2, 0.25) is 0 Å². The van der Waals surface area contributed by atoms with E-state index in [0.717, 1.165) is 12.0 Å². The van der Waals surface area contributed by atoms with Gasteiger partial charge in [0.1, 0.15) is 22.7 Å². The highest BCUT2D eigenvalue weighted by atomic mass is 32.2. The average Bonchev–Trinajstić information content (AvgIpc) is 3.43. The summed E-state index contributed by atoms with van der Waals surface area (Å²) in [5, 5.41) is 8.31. The maximum atomic E-state index is 13.6. The average molecular weight is 430 g/mol. The summed E-state index contributed by atoms with van der Waals surface area (Å²) in [5.74, 6) is 1.35. The lowest BCUT2D eigenvalue weighted by atomic mass is 10.2. The first-order chi connectivity index (χ1) is 14.5. The fourth-order valence-corrected chi connectivity index (χ4v) is 5.55. The molecule has 4 rings (SSSR count). The molecule has 10 heteroatoms. The van der Waals surface area contributed by atoms with Gasteiger partial charge in [0.25, 0.3) is 0 Å². The molecule has 1 aromatic carbocycles. The van der Waals surface area contributed by atoms with E-state index in [2.05, 4.69) is 15.2 Å². The molecule has 0 N–H and O–H groups in total. The lowest BCUT2D eigenvalue weighted by Gasteiger charge is -2.25. The summed E-state index contributed by atoms with van der Waals surface area (Å²) >= 11 is 0. The summed E-state index contributed by atoms with van der Waals surface area (Å²) in [6, 6.07) is 8.18. The number of rotatable bonds is 7. The van der Waals surface area contributed by atoms with Crippen molar-refractivity contribution in [2.75, 3.05) is 20.8 Å². The van der Waals surface area contributed by atoms with E-state index in [1.165, 1.54) is 24.6 Å². The Morgan fingerprint density at radius 1 is 1.13 bits per heavy atom. The van der Waals surface area contributed by atoms with Gasteiger partial charge < -0.3 is 14.0 Å². The van der Waals surface area contributed by atoms with Gasteiger partial charge in [-0.05, 0) is 42.7 Å². The van der Waals surface area contributed by atoms with E-state index in [9.17, 15) is 8.42 Å². The summed E-state index contributed by atoms with van der Waals surface area (Å²) < 4.78 is 41.1. The van der Waals surface area contributed by atoms with Gasteiger partial charge in [0.05, 0.1) is 26.8 Å². The number of hydrogen-bond acceptors (Lipinski definition) is 7. The van der Waals surface area contributed by atoms with Gasteiger partial charge in [0.2, 0.25) is 10.0 Å². The van der Waals surface area contributed by atoms with Gasteiger partial charge in [-0.3, -0.25) is 4.98 Å². The third-order valence-electron chi connectivity index (χ3n) is 5.21.